The van der Waals surface area contributed by atoms with E-state index >= 15 is 0 Å². The molecule has 3 aromatic carbocycles. The molecule has 5 heteroatoms. The van der Waals surface area contributed by atoms with Crippen LogP contribution in [0.5, 0.6) is 5.75 Å². The molecule has 0 aliphatic rings. The minimum Gasteiger partial charge on any atom is -0.488 e. The molecule has 0 fully saturated rings. The van der Waals surface area contributed by atoms with Crippen molar-refractivity contribution in [1.82, 2.24) is 0 Å². The van der Waals surface area contributed by atoms with Gasteiger partial charge >= 0.3 is 0 Å². The molecule has 0 radical (unpaired) electrons. The lowest BCUT2D eigenvalue weighted by Gasteiger charge is -2.11. The number of nitrogens with one attached hydrogen (secondary N) is 1. The summed E-state index contributed by atoms with van der Waals surface area (Å²) < 4.78 is 6.80. The summed E-state index contributed by atoms with van der Waals surface area (Å²) in [7, 11) is 0. The number of benzene rings is 3. The van der Waals surface area contributed by atoms with Crippen LogP contribution in [-0.4, -0.2) is 0 Å². The Morgan fingerprint density at radius 2 is 1.40 bits per heavy atom. The van der Waals surface area contributed by atoms with Gasteiger partial charge in [0, 0.05) is 22.3 Å². The van der Waals surface area contributed by atoms with Crippen LogP contribution >= 0.6 is 39.1 Å². The lowest BCUT2D eigenvalue weighted by atomic mass is 10.2. The smallest absolute Gasteiger partial charge is 0.134 e. The molecule has 0 spiro atoms. The van der Waals surface area contributed by atoms with Gasteiger partial charge in [0.2, 0.25) is 0 Å². The molecule has 3 rings (SSSR count). The van der Waals surface area contributed by atoms with Crippen LogP contribution in [0.15, 0.2) is 71.2 Å². The van der Waals surface area contributed by atoms with Crippen LogP contribution in [0, 0.1) is 0 Å². The Morgan fingerprint density at radius 3 is 2.04 bits per heavy atom. The zero-order valence-corrected chi connectivity index (χ0v) is 16.4. The topological polar surface area (TPSA) is 21.3 Å². The summed E-state index contributed by atoms with van der Waals surface area (Å²) in [5.41, 5.74) is 3.26. The second-order valence-corrected chi connectivity index (χ2v) is 7.27. The third kappa shape index (κ3) is 5.40. The number of hydrogen-bond donors (Lipinski definition) is 1. The molecular formula is C20H16BrCl2NO. The summed E-state index contributed by atoms with van der Waals surface area (Å²) in [6.45, 7) is 1.22. The van der Waals surface area contributed by atoms with E-state index in [-0.39, 0.29) is 0 Å². The Hall–Kier alpha value is -1.68. The second-order valence-electron chi connectivity index (χ2n) is 5.54. The minimum atomic E-state index is 0.498. The molecular weight excluding hydrogens is 421 g/mol. The van der Waals surface area contributed by atoms with Crippen molar-refractivity contribution in [2.24, 2.45) is 0 Å². The molecule has 1 N–H and O–H groups in total. The highest BCUT2D eigenvalue weighted by molar-refractivity contribution is 9.10. The summed E-state index contributed by atoms with van der Waals surface area (Å²) in [6.07, 6.45) is 0. The van der Waals surface area contributed by atoms with E-state index in [1.165, 1.54) is 0 Å². The Balaban J connectivity index is 1.58. The molecule has 0 saturated carbocycles. The first-order chi connectivity index (χ1) is 12.1. The van der Waals surface area contributed by atoms with Crippen molar-refractivity contribution in [1.29, 1.82) is 0 Å². The van der Waals surface area contributed by atoms with E-state index in [4.69, 9.17) is 27.9 Å². The van der Waals surface area contributed by atoms with Crippen LogP contribution in [0.4, 0.5) is 5.69 Å². The summed E-state index contributed by atoms with van der Waals surface area (Å²) in [5.74, 6) is 0.810. The fraction of sp³-hybridized carbons (Fsp3) is 0.100. The highest BCUT2D eigenvalue weighted by Gasteiger charge is 2.04. The van der Waals surface area contributed by atoms with E-state index in [1.807, 2.05) is 60.7 Å². The molecule has 3 aromatic rings. The molecule has 0 unspecified atom stereocenters. The molecule has 0 bridgehead atoms. The van der Waals surface area contributed by atoms with Gasteiger partial charge < -0.3 is 10.1 Å². The van der Waals surface area contributed by atoms with Crippen molar-refractivity contribution in [3.05, 3.63) is 92.4 Å². The Morgan fingerprint density at radius 1 is 0.800 bits per heavy atom. The number of anilines is 1. The first-order valence-corrected chi connectivity index (χ1v) is 9.30. The van der Waals surface area contributed by atoms with Crippen LogP contribution in [0.2, 0.25) is 10.0 Å². The summed E-state index contributed by atoms with van der Waals surface area (Å²) >= 11 is 15.4. The lowest BCUT2D eigenvalue weighted by Crippen LogP contribution is -2.00. The second kappa shape index (κ2) is 8.61. The monoisotopic (exact) mass is 435 g/mol. The van der Waals surface area contributed by atoms with Crippen LogP contribution in [0.1, 0.15) is 11.1 Å². The highest BCUT2D eigenvalue weighted by Crippen LogP contribution is 2.27. The summed E-state index contributed by atoms with van der Waals surface area (Å²) in [5, 5.41) is 4.82. The SMILES string of the molecule is Clc1ccc(COc2ccc(CNc3ccc(Cl)cc3)cc2Br)cc1. The van der Waals surface area contributed by atoms with Gasteiger partial charge in [-0.2, -0.15) is 0 Å². The number of ether oxygens (including phenoxy) is 1. The highest BCUT2D eigenvalue weighted by atomic mass is 79.9. The van der Waals surface area contributed by atoms with Gasteiger partial charge in [0.05, 0.1) is 4.47 Å². The van der Waals surface area contributed by atoms with E-state index in [1.54, 1.807) is 0 Å². The van der Waals surface area contributed by atoms with E-state index < -0.39 is 0 Å². The van der Waals surface area contributed by atoms with Gasteiger partial charge in [-0.1, -0.05) is 41.4 Å². The standard InChI is InChI=1S/C20H16BrCl2NO/c21-19-11-15(12-24-18-8-6-17(23)7-9-18)3-10-20(19)25-13-14-1-4-16(22)5-2-14/h1-11,24H,12-13H2. The predicted molar refractivity (Wildman–Crippen MR) is 109 cm³/mol. The van der Waals surface area contributed by atoms with Crippen molar-refractivity contribution in [3.63, 3.8) is 0 Å². The van der Waals surface area contributed by atoms with Crippen LogP contribution < -0.4 is 10.1 Å². The third-order valence-electron chi connectivity index (χ3n) is 3.64. The van der Waals surface area contributed by atoms with Crippen molar-refractivity contribution < 1.29 is 4.74 Å². The fourth-order valence-corrected chi connectivity index (χ4v) is 3.08. The van der Waals surface area contributed by atoms with E-state index in [0.717, 1.165) is 43.6 Å². The number of hydrogen-bond acceptors (Lipinski definition) is 2. The van der Waals surface area contributed by atoms with Crippen molar-refractivity contribution >= 4 is 44.8 Å². The normalized spacial score (nSPS) is 10.5. The molecule has 0 saturated heterocycles. The average Bonchev–Trinajstić information content (AvgIpc) is 2.62. The predicted octanol–water partition coefficient (Wildman–Crippen LogP) is 6.95. The lowest BCUT2D eigenvalue weighted by molar-refractivity contribution is 0.304. The maximum absolute atomic E-state index is 5.89. The quantitative estimate of drug-likeness (QED) is 0.451. The molecule has 128 valence electrons. The van der Waals surface area contributed by atoms with Gasteiger partial charge in [-0.3, -0.25) is 0 Å². The average molecular weight is 437 g/mol. The number of rotatable bonds is 6. The van der Waals surface area contributed by atoms with Gasteiger partial charge in [-0.15, -0.1) is 0 Å². The number of halogens is 3. The van der Waals surface area contributed by atoms with Crippen LogP contribution in [-0.2, 0) is 13.2 Å². The largest absolute Gasteiger partial charge is 0.488 e. The molecule has 2 nitrogen and oxygen atoms in total. The third-order valence-corrected chi connectivity index (χ3v) is 4.77. The summed E-state index contributed by atoms with van der Waals surface area (Å²) in [6, 6.07) is 21.4. The minimum absolute atomic E-state index is 0.498. The molecule has 0 heterocycles. The Bertz CT molecular complexity index is 835. The van der Waals surface area contributed by atoms with Gasteiger partial charge in [0.25, 0.3) is 0 Å². The van der Waals surface area contributed by atoms with E-state index in [9.17, 15) is 0 Å². The van der Waals surface area contributed by atoms with Crippen LogP contribution in [0.3, 0.4) is 0 Å². The Kier molecular flexibility index (Phi) is 6.24. The zero-order chi connectivity index (χ0) is 17.6. The van der Waals surface area contributed by atoms with Gasteiger partial charge in [0.1, 0.15) is 12.4 Å². The van der Waals surface area contributed by atoms with Gasteiger partial charge in [0.15, 0.2) is 0 Å². The molecule has 0 aromatic heterocycles. The maximum atomic E-state index is 5.89. The van der Waals surface area contributed by atoms with E-state index in [0.29, 0.717) is 6.61 Å². The molecule has 0 amide bonds. The van der Waals surface area contributed by atoms with Gasteiger partial charge in [-0.25, -0.2) is 0 Å². The van der Waals surface area contributed by atoms with Gasteiger partial charge in [-0.05, 0) is 75.6 Å². The van der Waals surface area contributed by atoms with Crippen molar-refractivity contribution in [2.45, 2.75) is 13.2 Å². The van der Waals surface area contributed by atoms with Crippen LogP contribution in [0.25, 0.3) is 0 Å². The molecule has 0 atom stereocenters. The first kappa shape index (κ1) is 18.1. The first-order valence-electron chi connectivity index (χ1n) is 7.75. The van der Waals surface area contributed by atoms with E-state index in [2.05, 4.69) is 27.3 Å². The maximum Gasteiger partial charge on any atom is 0.134 e. The molecule has 0 aliphatic carbocycles. The Labute approximate surface area is 165 Å². The van der Waals surface area contributed by atoms with Crippen molar-refractivity contribution in [3.8, 4) is 5.75 Å². The fourth-order valence-electron chi connectivity index (χ4n) is 2.28. The zero-order valence-electron chi connectivity index (χ0n) is 13.3. The molecule has 0 aliphatic heterocycles. The summed E-state index contributed by atoms with van der Waals surface area (Å²) in [4.78, 5) is 0. The molecule has 25 heavy (non-hydrogen) atoms. The van der Waals surface area contributed by atoms with Crippen molar-refractivity contribution in [2.75, 3.05) is 5.32 Å².